The van der Waals surface area contributed by atoms with Crippen LogP contribution in [0.4, 0.5) is 0 Å². The molecule has 0 heterocycles. The molecule has 0 radical (unpaired) electrons. The highest BCUT2D eigenvalue weighted by atomic mass is 127. The number of nitrogens with two attached hydrogens (primary N) is 1. The second-order valence-corrected chi connectivity index (χ2v) is 3.81. The highest BCUT2D eigenvalue weighted by molar-refractivity contribution is 14.1. The minimum atomic E-state index is -0.279. The van der Waals surface area contributed by atoms with Crippen molar-refractivity contribution in [2.75, 3.05) is 0 Å². The number of benzene rings is 1. The summed E-state index contributed by atoms with van der Waals surface area (Å²) in [4.78, 5) is 10.9. The molecule has 1 aromatic carbocycles. The second kappa shape index (κ2) is 3.89. The largest absolute Gasteiger partial charge is 0.369 e. The average molecular weight is 275 g/mol. The molecule has 1 atom stereocenters. The Balaban J connectivity index is 3.02. The van der Waals surface area contributed by atoms with Crippen molar-refractivity contribution in [1.82, 2.24) is 0 Å². The molecule has 0 saturated heterocycles. The first-order chi connectivity index (χ1) is 5.63. The van der Waals surface area contributed by atoms with Crippen molar-refractivity contribution in [3.05, 3.63) is 33.4 Å². The molecule has 1 rings (SSSR count). The van der Waals surface area contributed by atoms with E-state index in [-0.39, 0.29) is 11.8 Å². The second-order valence-electron chi connectivity index (χ2n) is 2.65. The zero-order chi connectivity index (χ0) is 9.14. The minimum Gasteiger partial charge on any atom is -0.369 e. The van der Waals surface area contributed by atoms with Gasteiger partial charge in [0.2, 0.25) is 5.91 Å². The molecule has 0 aliphatic carbocycles. The first kappa shape index (κ1) is 9.51. The Labute approximate surface area is 85.3 Å². The lowest BCUT2D eigenvalue weighted by molar-refractivity contribution is -0.119. The monoisotopic (exact) mass is 275 g/mol. The maximum absolute atomic E-state index is 10.9. The van der Waals surface area contributed by atoms with E-state index in [4.69, 9.17) is 5.73 Å². The molecule has 0 aliphatic heterocycles. The van der Waals surface area contributed by atoms with Crippen LogP contribution in [0.15, 0.2) is 24.3 Å². The number of carbonyl (C=O) groups is 1. The first-order valence-electron chi connectivity index (χ1n) is 3.66. The first-order valence-corrected chi connectivity index (χ1v) is 4.74. The van der Waals surface area contributed by atoms with Gasteiger partial charge in [-0.3, -0.25) is 4.79 Å². The van der Waals surface area contributed by atoms with Gasteiger partial charge in [-0.25, -0.2) is 0 Å². The third-order valence-corrected chi connectivity index (χ3v) is 2.78. The molecule has 2 N–H and O–H groups in total. The summed E-state index contributed by atoms with van der Waals surface area (Å²) in [6.45, 7) is 1.82. The van der Waals surface area contributed by atoms with E-state index >= 15 is 0 Å². The molecule has 0 saturated carbocycles. The van der Waals surface area contributed by atoms with E-state index in [1.54, 1.807) is 0 Å². The van der Waals surface area contributed by atoms with Crippen LogP contribution < -0.4 is 5.73 Å². The van der Waals surface area contributed by atoms with E-state index < -0.39 is 0 Å². The highest BCUT2D eigenvalue weighted by Crippen LogP contribution is 2.20. The molecule has 0 fully saturated rings. The lowest BCUT2D eigenvalue weighted by Gasteiger charge is -2.08. The molecule has 12 heavy (non-hydrogen) atoms. The summed E-state index contributed by atoms with van der Waals surface area (Å²) in [5, 5.41) is 0. The van der Waals surface area contributed by atoms with Crippen LogP contribution in [-0.4, -0.2) is 5.91 Å². The van der Waals surface area contributed by atoms with Crippen molar-refractivity contribution in [1.29, 1.82) is 0 Å². The third-order valence-electron chi connectivity index (χ3n) is 1.80. The van der Waals surface area contributed by atoms with Gasteiger partial charge in [-0.05, 0) is 41.1 Å². The molecule has 0 aromatic heterocycles. The molecule has 2 nitrogen and oxygen atoms in total. The Morgan fingerprint density at radius 2 is 2.08 bits per heavy atom. The fourth-order valence-electron chi connectivity index (χ4n) is 0.980. The van der Waals surface area contributed by atoms with Gasteiger partial charge in [0.25, 0.3) is 0 Å². The summed E-state index contributed by atoms with van der Waals surface area (Å²) in [5.41, 5.74) is 6.20. The SMILES string of the molecule is CC(C(N)=O)c1ccccc1I. The summed E-state index contributed by atoms with van der Waals surface area (Å²) in [5.74, 6) is -0.475. The van der Waals surface area contributed by atoms with E-state index in [9.17, 15) is 4.79 Å². The quantitative estimate of drug-likeness (QED) is 0.823. The molecule has 0 aliphatic rings. The van der Waals surface area contributed by atoms with Gasteiger partial charge in [0, 0.05) is 3.57 Å². The highest BCUT2D eigenvalue weighted by Gasteiger charge is 2.13. The smallest absolute Gasteiger partial charge is 0.224 e. The van der Waals surface area contributed by atoms with Crippen molar-refractivity contribution in [2.45, 2.75) is 12.8 Å². The van der Waals surface area contributed by atoms with Crippen LogP contribution in [0.5, 0.6) is 0 Å². The molecule has 0 spiro atoms. The van der Waals surface area contributed by atoms with E-state index in [0.29, 0.717) is 0 Å². The maximum atomic E-state index is 10.9. The van der Waals surface area contributed by atoms with Crippen LogP contribution in [0.2, 0.25) is 0 Å². The molecule has 1 amide bonds. The molecule has 1 aromatic rings. The van der Waals surface area contributed by atoms with Gasteiger partial charge in [0.1, 0.15) is 0 Å². The standard InChI is InChI=1S/C9H10INO/c1-6(9(11)12)7-4-2-3-5-8(7)10/h2-6H,1H3,(H2,11,12). The Kier molecular flexibility index (Phi) is 3.08. The van der Waals surface area contributed by atoms with Crippen LogP contribution >= 0.6 is 22.6 Å². The zero-order valence-electron chi connectivity index (χ0n) is 6.75. The van der Waals surface area contributed by atoms with Gasteiger partial charge in [0.05, 0.1) is 5.92 Å². The summed E-state index contributed by atoms with van der Waals surface area (Å²) < 4.78 is 1.08. The Morgan fingerprint density at radius 1 is 1.50 bits per heavy atom. The molecule has 1 unspecified atom stereocenters. The Morgan fingerprint density at radius 3 is 2.58 bits per heavy atom. The summed E-state index contributed by atoms with van der Waals surface area (Å²) in [6, 6.07) is 7.75. The lowest BCUT2D eigenvalue weighted by Crippen LogP contribution is -2.19. The molecule has 0 bridgehead atoms. The normalized spacial score (nSPS) is 12.5. The fourth-order valence-corrected chi connectivity index (χ4v) is 1.83. The van der Waals surface area contributed by atoms with Gasteiger partial charge in [-0.1, -0.05) is 18.2 Å². The summed E-state index contributed by atoms with van der Waals surface area (Å²) >= 11 is 2.20. The van der Waals surface area contributed by atoms with Gasteiger partial charge in [-0.2, -0.15) is 0 Å². The van der Waals surface area contributed by atoms with Gasteiger partial charge < -0.3 is 5.73 Å². The number of amides is 1. The lowest BCUT2D eigenvalue weighted by atomic mass is 10.0. The number of carbonyl (C=O) groups excluding carboxylic acids is 1. The number of rotatable bonds is 2. The molecular formula is C9H10INO. The fraction of sp³-hybridized carbons (Fsp3) is 0.222. The van der Waals surface area contributed by atoms with Crippen molar-refractivity contribution in [3.63, 3.8) is 0 Å². The minimum absolute atomic E-state index is 0.196. The van der Waals surface area contributed by atoms with Crippen LogP contribution in [-0.2, 0) is 4.79 Å². The molecular weight excluding hydrogens is 265 g/mol. The van der Waals surface area contributed by atoms with Gasteiger partial charge >= 0.3 is 0 Å². The van der Waals surface area contributed by atoms with Gasteiger partial charge in [0.15, 0.2) is 0 Å². The Bertz CT molecular complexity index is 298. The third kappa shape index (κ3) is 1.97. The summed E-state index contributed by atoms with van der Waals surface area (Å²) in [7, 11) is 0. The zero-order valence-corrected chi connectivity index (χ0v) is 8.91. The topological polar surface area (TPSA) is 43.1 Å². The molecule has 3 heteroatoms. The van der Waals surface area contributed by atoms with E-state index in [1.165, 1.54) is 0 Å². The van der Waals surface area contributed by atoms with Crippen LogP contribution in [0.3, 0.4) is 0 Å². The number of hydrogen-bond donors (Lipinski definition) is 1. The van der Waals surface area contributed by atoms with Crippen LogP contribution in [0.1, 0.15) is 18.4 Å². The van der Waals surface area contributed by atoms with E-state index in [2.05, 4.69) is 22.6 Å². The summed E-state index contributed by atoms with van der Waals surface area (Å²) in [6.07, 6.45) is 0. The van der Waals surface area contributed by atoms with Crippen LogP contribution in [0, 0.1) is 3.57 Å². The number of primary amides is 1. The molecule has 64 valence electrons. The van der Waals surface area contributed by atoms with E-state index in [0.717, 1.165) is 9.13 Å². The van der Waals surface area contributed by atoms with Crippen molar-refractivity contribution in [3.8, 4) is 0 Å². The van der Waals surface area contributed by atoms with E-state index in [1.807, 2.05) is 31.2 Å². The predicted octanol–water partition coefficient (Wildman–Crippen LogP) is 1.88. The Hall–Kier alpha value is -0.580. The number of hydrogen-bond acceptors (Lipinski definition) is 1. The van der Waals surface area contributed by atoms with Crippen molar-refractivity contribution in [2.24, 2.45) is 5.73 Å². The number of halogens is 1. The van der Waals surface area contributed by atoms with Gasteiger partial charge in [-0.15, -0.1) is 0 Å². The van der Waals surface area contributed by atoms with Crippen molar-refractivity contribution < 1.29 is 4.79 Å². The maximum Gasteiger partial charge on any atom is 0.224 e. The predicted molar refractivity (Wildman–Crippen MR) is 56.8 cm³/mol. The van der Waals surface area contributed by atoms with Crippen molar-refractivity contribution >= 4 is 28.5 Å². The van der Waals surface area contributed by atoms with Crippen LogP contribution in [0.25, 0.3) is 0 Å². The average Bonchev–Trinajstić information content (AvgIpc) is 2.04.